The molecule has 1 aliphatic rings. The van der Waals surface area contributed by atoms with Crippen molar-refractivity contribution in [3.05, 3.63) is 20.8 Å². The Morgan fingerprint density at radius 2 is 2.13 bits per heavy atom. The number of halogens is 1. The molecule has 1 aromatic rings. The Morgan fingerprint density at radius 3 is 2.73 bits per heavy atom. The van der Waals surface area contributed by atoms with Crippen LogP contribution in [0.2, 0.25) is 0 Å². The monoisotopic (exact) mass is 287 g/mol. The Morgan fingerprint density at radius 1 is 1.40 bits per heavy atom. The van der Waals surface area contributed by atoms with Crippen LogP contribution in [0.15, 0.2) is 15.9 Å². The molecule has 0 saturated heterocycles. The average Bonchev–Trinajstić information content (AvgIpc) is 2.66. The van der Waals surface area contributed by atoms with Crippen molar-refractivity contribution in [2.75, 3.05) is 0 Å². The van der Waals surface area contributed by atoms with E-state index in [1.165, 1.54) is 41.5 Å². The molecule has 0 aromatic carbocycles. The summed E-state index contributed by atoms with van der Waals surface area (Å²) in [5, 5.41) is 5.90. The normalized spacial score (nSPS) is 20.4. The first-order valence-corrected chi connectivity index (χ1v) is 7.43. The number of nitrogens with one attached hydrogen (secondary N) is 1. The summed E-state index contributed by atoms with van der Waals surface area (Å²) in [7, 11) is 0. The maximum atomic E-state index is 3.74. The van der Waals surface area contributed by atoms with E-state index in [1.807, 2.05) is 11.3 Å². The zero-order valence-electron chi connectivity index (χ0n) is 9.13. The van der Waals surface area contributed by atoms with Crippen LogP contribution in [0.4, 0.5) is 0 Å². The van der Waals surface area contributed by atoms with E-state index in [0.717, 1.165) is 6.04 Å². The van der Waals surface area contributed by atoms with E-state index >= 15 is 0 Å². The van der Waals surface area contributed by atoms with Gasteiger partial charge in [-0.3, -0.25) is 0 Å². The van der Waals surface area contributed by atoms with Crippen molar-refractivity contribution < 1.29 is 0 Å². The highest BCUT2D eigenvalue weighted by Crippen LogP contribution is 2.27. The molecule has 1 aromatic heterocycles. The van der Waals surface area contributed by atoms with Crippen LogP contribution in [-0.2, 0) is 0 Å². The van der Waals surface area contributed by atoms with Gasteiger partial charge in [0.15, 0.2) is 0 Å². The second kappa shape index (κ2) is 5.46. The van der Waals surface area contributed by atoms with Crippen LogP contribution in [-0.4, -0.2) is 6.04 Å². The second-order valence-corrected chi connectivity index (χ2v) is 6.25. The second-order valence-electron chi connectivity index (χ2n) is 4.39. The first-order valence-electron chi connectivity index (χ1n) is 5.75. The smallest absolute Gasteiger partial charge is 0.0388 e. The molecule has 1 unspecified atom stereocenters. The minimum Gasteiger partial charge on any atom is -0.307 e. The van der Waals surface area contributed by atoms with Gasteiger partial charge in [-0.15, -0.1) is 11.3 Å². The molecule has 1 fully saturated rings. The number of rotatable bonds is 3. The first-order chi connectivity index (χ1) is 7.25. The molecule has 0 radical (unpaired) electrons. The minimum absolute atomic E-state index is 0.504. The summed E-state index contributed by atoms with van der Waals surface area (Å²) in [4.78, 5) is 1.44. The van der Waals surface area contributed by atoms with Crippen molar-refractivity contribution in [1.82, 2.24) is 5.32 Å². The lowest BCUT2D eigenvalue weighted by molar-refractivity contribution is 0.348. The number of thiophene rings is 1. The van der Waals surface area contributed by atoms with Gasteiger partial charge in [0.2, 0.25) is 0 Å². The van der Waals surface area contributed by atoms with Gasteiger partial charge < -0.3 is 5.32 Å². The molecule has 1 N–H and O–H groups in total. The van der Waals surface area contributed by atoms with Crippen molar-refractivity contribution in [3.8, 4) is 0 Å². The van der Waals surface area contributed by atoms with E-state index in [4.69, 9.17) is 0 Å². The molecular formula is C12H18BrNS. The zero-order valence-corrected chi connectivity index (χ0v) is 11.5. The fourth-order valence-corrected chi connectivity index (χ4v) is 3.72. The van der Waals surface area contributed by atoms with E-state index in [9.17, 15) is 0 Å². The van der Waals surface area contributed by atoms with Gasteiger partial charge in [-0.05, 0) is 41.8 Å². The number of hydrogen-bond donors (Lipinski definition) is 1. The molecule has 15 heavy (non-hydrogen) atoms. The summed E-state index contributed by atoms with van der Waals surface area (Å²) in [6.45, 7) is 2.27. The molecule has 1 heterocycles. The van der Waals surface area contributed by atoms with Crippen molar-refractivity contribution in [2.24, 2.45) is 0 Å². The zero-order chi connectivity index (χ0) is 10.7. The van der Waals surface area contributed by atoms with Crippen LogP contribution < -0.4 is 5.32 Å². The van der Waals surface area contributed by atoms with Crippen LogP contribution in [0.25, 0.3) is 0 Å². The van der Waals surface area contributed by atoms with Crippen molar-refractivity contribution in [1.29, 1.82) is 0 Å². The third-order valence-electron chi connectivity index (χ3n) is 3.11. The van der Waals surface area contributed by atoms with Crippen molar-refractivity contribution in [2.45, 2.75) is 51.1 Å². The number of hydrogen-bond acceptors (Lipinski definition) is 2. The van der Waals surface area contributed by atoms with E-state index in [1.54, 1.807) is 0 Å². The third-order valence-corrected chi connectivity index (χ3v) is 4.98. The van der Waals surface area contributed by atoms with Gasteiger partial charge in [-0.1, -0.05) is 19.3 Å². The summed E-state index contributed by atoms with van der Waals surface area (Å²) in [6.07, 6.45) is 6.95. The molecule has 1 saturated carbocycles. The van der Waals surface area contributed by atoms with Crippen LogP contribution in [0.1, 0.15) is 49.9 Å². The van der Waals surface area contributed by atoms with Crippen LogP contribution in [0.3, 0.4) is 0 Å². The molecule has 0 spiro atoms. The molecule has 1 aliphatic carbocycles. The lowest BCUT2D eigenvalue weighted by Gasteiger charge is -2.26. The molecule has 0 aliphatic heterocycles. The Bertz CT molecular complexity index is 304. The van der Waals surface area contributed by atoms with Gasteiger partial charge in [0, 0.05) is 26.8 Å². The van der Waals surface area contributed by atoms with E-state index in [0.29, 0.717) is 6.04 Å². The molecule has 84 valence electrons. The van der Waals surface area contributed by atoms with Gasteiger partial charge in [0.05, 0.1) is 0 Å². The van der Waals surface area contributed by atoms with E-state index in [2.05, 4.69) is 39.6 Å². The van der Waals surface area contributed by atoms with E-state index < -0.39 is 0 Å². The molecule has 0 amide bonds. The standard InChI is InChI=1S/C12H18BrNS/c1-9(12-7-10(13)8-15-12)14-11-5-3-2-4-6-11/h7-9,11,14H,2-6H2,1H3. The predicted octanol–water partition coefficient (Wildman–Crippen LogP) is 4.49. The summed E-state index contributed by atoms with van der Waals surface area (Å²) in [5.74, 6) is 0. The third kappa shape index (κ3) is 3.30. The topological polar surface area (TPSA) is 12.0 Å². The highest BCUT2D eigenvalue weighted by atomic mass is 79.9. The fourth-order valence-electron chi connectivity index (χ4n) is 2.26. The molecular weight excluding hydrogens is 270 g/mol. The Kier molecular flexibility index (Phi) is 4.23. The maximum absolute atomic E-state index is 3.74. The van der Waals surface area contributed by atoms with Crippen LogP contribution in [0, 0.1) is 0 Å². The predicted molar refractivity (Wildman–Crippen MR) is 70.4 cm³/mol. The fraction of sp³-hybridized carbons (Fsp3) is 0.667. The molecule has 1 atom stereocenters. The summed E-state index contributed by atoms with van der Waals surface area (Å²) < 4.78 is 1.21. The van der Waals surface area contributed by atoms with Crippen molar-refractivity contribution in [3.63, 3.8) is 0 Å². The molecule has 1 nitrogen and oxygen atoms in total. The highest BCUT2D eigenvalue weighted by Gasteiger charge is 2.16. The summed E-state index contributed by atoms with van der Waals surface area (Å²) >= 11 is 5.35. The molecule has 3 heteroatoms. The first kappa shape index (κ1) is 11.6. The van der Waals surface area contributed by atoms with E-state index in [-0.39, 0.29) is 0 Å². The van der Waals surface area contributed by atoms with Crippen molar-refractivity contribution >= 4 is 27.3 Å². The highest BCUT2D eigenvalue weighted by molar-refractivity contribution is 9.10. The summed E-state index contributed by atoms with van der Waals surface area (Å²) in [6, 6.07) is 3.48. The lowest BCUT2D eigenvalue weighted by Crippen LogP contribution is -2.32. The van der Waals surface area contributed by atoms with Gasteiger partial charge in [0.25, 0.3) is 0 Å². The molecule has 0 bridgehead atoms. The van der Waals surface area contributed by atoms with Gasteiger partial charge in [-0.25, -0.2) is 0 Å². The largest absolute Gasteiger partial charge is 0.307 e. The van der Waals surface area contributed by atoms with Crippen LogP contribution >= 0.6 is 27.3 Å². The summed E-state index contributed by atoms with van der Waals surface area (Å²) in [5.41, 5.74) is 0. The van der Waals surface area contributed by atoms with Gasteiger partial charge in [-0.2, -0.15) is 0 Å². The van der Waals surface area contributed by atoms with Gasteiger partial charge in [0.1, 0.15) is 0 Å². The lowest BCUT2D eigenvalue weighted by atomic mass is 9.95. The quantitative estimate of drug-likeness (QED) is 0.864. The van der Waals surface area contributed by atoms with Crippen LogP contribution in [0.5, 0.6) is 0 Å². The Labute approximate surface area is 104 Å². The maximum Gasteiger partial charge on any atom is 0.0388 e. The van der Waals surface area contributed by atoms with Gasteiger partial charge >= 0.3 is 0 Å². The average molecular weight is 288 g/mol. The SMILES string of the molecule is CC(NC1CCCCC1)c1cc(Br)cs1. The molecule has 2 rings (SSSR count). The Hall–Kier alpha value is 0.140. The Balaban J connectivity index is 1.88. The minimum atomic E-state index is 0.504.